The Hall–Kier alpha value is -1.85. The number of anilines is 1. The zero-order chi connectivity index (χ0) is 17.1. The minimum atomic E-state index is 0.0660. The maximum atomic E-state index is 12.6. The van der Waals surface area contributed by atoms with Crippen LogP contribution in [0, 0.1) is 6.92 Å². The van der Waals surface area contributed by atoms with Crippen LogP contribution in [0.4, 0.5) is 10.7 Å². The molecular formula is C18H29N5O. The van der Waals surface area contributed by atoms with Crippen molar-refractivity contribution < 1.29 is 4.79 Å². The van der Waals surface area contributed by atoms with Crippen molar-refractivity contribution in [3.8, 4) is 0 Å². The van der Waals surface area contributed by atoms with Crippen LogP contribution in [0.1, 0.15) is 62.9 Å². The summed E-state index contributed by atoms with van der Waals surface area (Å²) in [5.41, 5.74) is 3.15. The normalized spacial score (nSPS) is 18.4. The smallest absolute Gasteiger partial charge is 0.317 e. The SMILES string of the molecule is Cc1nc(NC(C)C)nc2c1CN(C(=O)NC1CCCCC1)CC2. The van der Waals surface area contributed by atoms with E-state index in [0.717, 1.165) is 42.8 Å². The Labute approximate surface area is 144 Å². The second-order valence-electron chi connectivity index (χ2n) is 7.31. The minimum absolute atomic E-state index is 0.0660. The van der Waals surface area contributed by atoms with Crippen molar-refractivity contribution in [2.24, 2.45) is 0 Å². The lowest BCUT2D eigenvalue weighted by atomic mass is 9.95. The predicted molar refractivity (Wildman–Crippen MR) is 95.0 cm³/mol. The van der Waals surface area contributed by atoms with Gasteiger partial charge in [0.2, 0.25) is 5.95 Å². The molecular weight excluding hydrogens is 302 g/mol. The Balaban J connectivity index is 1.66. The van der Waals surface area contributed by atoms with Gasteiger partial charge in [0.25, 0.3) is 0 Å². The number of urea groups is 1. The summed E-state index contributed by atoms with van der Waals surface area (Å²) in [5.74, 6) is 0.696. The highest BCUT2D eigenvalue weighted by Crippen LogP contribution is 2.22. The molecule has 1 aliphatic heterocycles. The first-order chi connectivity index (χ1) is 11.5. The number of aromatic nitrogens is 2. The molecule has 24 heavy (non-hydrogen) atoms. The van der Waals surface area contributed by atoms with Gasteiger partial charge in [0.15, 0.2) is 0 Å². The summed E-state index contributed by atoms with van der Waals surface area (Å²) in [4.78, 5) is 23.7. The van der Waals surface area contributed by atoms with E-state index in [1.165, 1.54) is 19.3 Å². The molecule has 1 aliphatic carbocycles. The van der Waals surface area contributed by atoms with Gasteiger partial charge in [-0.15, -0.1) is 0 Å². The van der Waals surface area contributed by atoms with Gasteiger partial charge in [-0.25, -0.2) is 14.8 Å². The fourth-order valence-electron chi connectivity index (χ4n) is 3.59. The summed E-state index contributed by atoms with van der Waals surface area (Å²) in [5, 5.41) is 6.48. The van der Waals surface area contributed by atoms with Gasteiger partial charge in [0, 0.05) is 36.3 Å². The Bertz CT molecular complexity index is 595. The van der Waals surface area contributed by atoms with Gasteiger partial charge in [-0.2, -0.15) is 0 Å². The lowest BCUT2D eigenvalue weighted by molar-refractivity contribution is 0.184. The molecule has 2 heterocycles. The van der Waals surface area contributed by atoms with Gasteiger partial charge in [-0.3, -0.25) is 0 Å². The summed E-state index contributed by atoms with van der Waals surface area (Å²) >= 11 is 0. The average molecular weight is 331 g/mol. The van der Waals surface area contributed by atoms with Gasteiger partial charge in [0.05, 0.1) is 12.2 Å². The fourth-order valence-corrected chi connectivity index (χ4v) is 3.59. The highest BCUT2D eigenvalue weighted by Gasteiger charge is 2.26. The number of hydrogen-bond acceptors (Lipinski definition) is 4. The molecule has 1 aromatic heterocycles. The Morgan fingerprint density at radius 1 is 1.21 bits per heavy atom. The van der Waals surface area contributed by atoms with Crippen molar-refractivity contribution in [2.75, 3.05) is 11.9 Å². The van der Waals surface area contributed by atoms with E-state index in [4.69, 9.17) is 0 Å². The quantitative estimate of drug-likeness (QED) is 0.893. The number of hydrogen-bond donors (Lipinski definition) is 2. The minimum Gasteiger partial charge on any atom is -0.352 e. The molecule has 1 aromatic rings. The first-order valence-corrected chi connectivity index (χ1v) is 9.21. The standard InChI is InChI=1S/C18H29N5O/c1-12(2)19-17-20-13(3)15-11-23(10-9-16(15)22-17)18(24)21-14-7-5-4-6-8-14/h12,14H,4-11H2,1-3H3,(H,21,24)(H,19,20,22). The number of amides is 2. The molecule has 6 heteroatoms. The lowest BCUT2D eigenvalue weighted by Gasteiger charge is -2.32. The van der Waals surface area contributed by atoms with E-state index in [-0.39, 0.29) is 6.03 Å². The predicted octanol–water partition coefficient (Wildman–Crippen LogP) is 3.01. The number of carbonyl (C=O) groups excluding carboxylic acids is 1. The van der Waals surface area contributed by atoms with Crippen LogP contribution in [0.25, 0.3) is 0 Å². The third kappa shape index (κ3) is 3.97. The van der Waals surface area contributed by atoms with Gasteiger partial charge in [-0.05, 0) is 33.6 Å². The van der Waals surface area contributed by atoms with Crippen LogP contribution in [-0.4, -0.2) is 39.5 Å². The molecule has 0 aromatic carbocycles. The largest absolute Gasteiger partial charge is 0.352 e. The molecule has 0 bridgehead atoms. The van der Waals surface area contributed by atoms with Gasteiger partial charge >= 0.3 is 6.03 Å². The van der Waals surface area contributed by atoms with E-state index < -0.39 is 0 Å². The number of fused-ring (bicyclic) bond motifs is 1. The van der Waals surface area contributed by atoms with Crippen molar-refractivity contribution in [3.05, 3.63) is 17.0 Å². The fraction of sp³-hybridized carbons (Fsp3) is 0.722. The number of aryl methyl sites for hydroxylation is 1. The van der Waals surface area contributed by atoms with Crippen LogP contribution in [0.3, 0.4) is 0 Å². The zero-order valence-electron chi connectivity index (χ0n) is 15.1. The Morgan fingerprint density at radius 2 is 1.96 bits per heavy atom. The second kappa shape index (κ2) is 7.36. The van der Waals surface area contributed by atoms with Crippen molar-refractivity contribution in [2.45, 2.75) is 77.9 Å². The van der Waals surface area contributed by atoms with E-state index >= 15 is 0 Å². The molecule has 0 saturated heterocycles. The molecule has 2 N–H and O–H groups in total. The topological polar surface area (TPSA) is 70.2 Å². The first kappa shape index (κ1) is 17.0. The number of nitrogens with one attached hydrogen (secondary N) is 2. The molecule has 0 spiro atoms. The molecule has 3 rings (SSSR count). The highest BCUT2D eigenvalue weighted by molar-refractivity contribution is 5.75. The first-order valence-electron chi connectivity index (χ1n) is 9.21. The molecule has 0 radical (unpaired) electrons. The summed E-state index contributed by atoms with van der Waals surface area (Å²) in [7, 11) is 0. The van der Waals surface area contributed by atoms with E-state index in [9.17, 15) is 4.79 Å². The van der Waals surface area contributed by atoms with Crippen molar-refractivity contribution >= 4 is 12.0 Å². The van der Waals surface area contributed by atoms with E-state index in [1.807, 2.05) is 11.8 Å². The van der Waals surface area contributed by atoms with E-state index in [0.29, 0.717) is 24.6 Å². The third-order valence-electron chi connectivity index (χ3n) is 4.90. The number of carbonyl (C=O) groups is 1. The molecule has 132 valence electrons. The zero-order valence-corrected chi connectivity index (χ0v) is 15.1. The summed E-state index contributed by atoms with van der Waals surface area (Å²) in [6, 6.07) is 0.725. The van der Waals surface area contributed by atoms with Crippen LogP contribution in [-0.2, 0) is 13.0 Å². The van der Waals surface area contributed by atoms with Crippen LogP contribution in [0.15, 0.2) is 0 Å². The third-order valence-corrected chi connectivity index (χ3v) is 4.90. The molecule has 1 fully saturated rings. The van der Waals surface area contributed by atoms with Gasteiger partial charge < -0.3 is 15.5 Å². The molecule has 0 atom stereocenters. The van der Waals surface area contributed by atoms with Crippen molar-refractivity contribution in [3.63, 3.8) is 0 Å². The van der Waals surface area contributed by atoms with Crippen molar-refractivity contribution in [1.82, 2.24) is 20.2 Å². The summed E-state index contributed by atoms with van der Waals surface area (Å²) in [6.07, 6.45) is 6.78. The molecule has 6 nitrogen and oxygen atoms in total. The van der Waals surface area contributed by atoms with Crippen LogP contribution >= 0.6 is 0 Å². The number of rotatable bonds is 3. The summed E-state index contributed by atoms with van der Waals surface area (Å²) in [6.45, 7) is 7.50. The Kier molecular flexibility index (Phi) is 5.21. The van der Waals surface area contributed by atoms with E-state index in [1.54, 1.807) is 0 Å². The monoisotopic (exact) mass is 331 g/mol. The second-order valence-corrected chi connectivity index (χ2v) is 7.31. The lowest BCUT2D eigenvalue weighted by Crippen LogP contribution is -2.47. The van der Waals surface area contributed by atoms with Crippen LogP contribution < -0.4 is 10.6 Å². The molecule has 2 aliphatic rings. The van der Waals surface area contributed by atoms with Gasteiger partial charge in [-0.1, -0.05) is 19.3 Å². The van der Waals surface area contributed by atoms with Crippen LogP contribution in [0.5, 0.6) is 0 Å². The van der Waals surface area contributed by atoms with Gasteiger partial charge in [0.1, 0.15) is 0 Å². The maximum Gasteiger partial charge on any atom is 0.317 e. The molecule has 2 amide bonds. The number of nitrogens with zero attached hydrogens (tertiary/aromatic N) is 3. The Morgan fingerprint density at radius 3 is 2.67 bits per heavy atom. The van der Waals surface area contributed by atoms with E-state index in [2.05, 4.69) is 34.4 Å². The maximum absolute atomic E-state index is 12.6. The molecule has 1 saturated carbocycles. The highest BCUT2D eigenvalue weighted by atomic mass is 16.2. The molecule has 0 unspecified atom stereocenters. The van der Waals surface area contributed by atoms with Crippen molar-refractivity contribution in [1.29, 1.82) is 0 Å². The summed E-state index contributed by atoms with van der Waals surface area (Å²) < 4.78 is 0. The van der Waals surface area contributed by atoms with Crippen LogP contribution in [0.2, 0.25) is 0 Å². The average Bonchev–Trinajstić information content (AvgIpc) is 2.55.